The summed E-state index contributed by atoms with van der Waals surface area (Å²) < 4.78 is 35.7. The van der Waals surface area contributed by atoms with Gasteiger partial charge >= 0.3 is 5.97 Å². The lowest BCUT2D eigenvalue weighted by Crippen LogP contribution is -1.99. The first-order valence-electron chi connectivity index (χ1n) is 5.56. The number of carboxylic acid groups (broad SMARTS) is 1. The molecular formula is C13H7F2NO4. The number of alkyl halides is 2. The predicted octanol–water partition coefficient (Wildman–Crippen LogP) is 3.72. The van der Waals surface area contributed by atoms with Gasteiger partial charge in [0, 0.05) is 5.39 Å². The van der Waals surface area contributed by atoms with Crippen LogP contribution in [-0.2, 0) is 0 Å². The maximum Gasteiger partial charge on any atom is 0.374 e. The highest BCUT2D eigenvalue weighted by Crippen LogP contribution is 2.33. The van der Waals surface area contributed by atoms with E-state index >= 15 is 0 Å². The van der Waals surface area contributed by atoms with Crippen molar-refractivity contribution in [1.82, 2.24) is 4.98 Å². The largest absolute Gasteiger partial charge is 0.475 e. The fourth-order valence-corrected chi connectivity index (χ4v) is 1.89. The van der Waals surface area contributed by atoms with Gasteiger partial charge in [-0.3, -0.25) is 0 Å². The Labute approximate surface area is 110 Å². The zero-order chi connectivity index (χ0) is 14.3. The fraction of sp³-hybridized carbons (Fsp3) is 0.0769. The van der Waals surface area contributed by atoms with Crippen LogP contribution >= 0.6 is 0 Å². The fourth-order valence-electron chi connectivity index (χ4n) is 1.89. The Hall–Kier alpha value is -2.70. The van der Waals surface area contributed by atoms with Gasteiger partial charge in [-0.15, -0.1) is 0 Å². The first-order valence-corrected chi connectivity index (χ1v) is 5.56. The summed E-state index contributed by atoms with van der Waals surface area (Å²) in [5, 5.41) is 9.45. The average molecular weight is 279 g/mol. The zero-order valence-electron chi connectivity index (χ0n) is 9.84. The number of carbonyl (C=O) groups is 1. The molecule has 3 aromatic rings. The van der Waals surface area contributed by atoms with E-state index in [9.17, 15) is 13.6 Å². The first-order chi connectivity index (χ1) is 9.58. The molecule has 0 spiro atoms. The second kappa shape index (κ2) is 4.44. The number of halogens is 2. The number of furan rings is 1. The maximum atomic E-state index is 12.7. The molecule has 3 rings (SSSR count). The van der Waals surface area contributed by atoms with Crippen molar-refractivity contribution < 1.29 is 27.5 Å². The van der Waals surface area contributed by atoms with Crippen molar-refractivity contribution >= 4 is 16.9 Å². The molecule has 102 valence electrons. The molecule has 0 saturated heterocycles. The summed E-state index contributed by atoms with van der Waals surface area (Å²) in [6.07, 6.45) is -1.74. The molecule has 1 aromatic carbocycles. The first kappa shape index (κ1) is 12.3. The van der Waals surface area contributed by atoms with E-state index in [0.717, 1.165) is 0 Å². The van der Waals surface area contributed by atoms with Crippen molar-refractivity contribution in [3.05, 3.63) is 42.0 Å². The van der Waals surface area contributed by atoms with Gasteiger partial charge in [0.25, 0.3) is 6.43 Å². The third kappa shape index (κ3) is 1.83. The van der Waals surface area contributed by atoms with E-state index in [-0.39, 0.29) is 5.89 Å². The zero-order valence-corrected chi connectivity index (χ0v) is 9.84. The van der Waals surface area contributed by atoms with Crippen LogP contribution in [0.2, 0.25) is 0 Å². The second-order valence-corrected chi connectivity index (χ2v) is 3.98. The Morgan fingerprint density at radius 2 is 2.05 bits per heavy atom. The summed E-state index contributed by atoms with van der Waals surface area (Å²) in [6.45, 7) is 0. The summed E-state index contributed by atoms with van der Waals surface area (Å²) in [5.74, 6) is -2.66. The van der Waals surface area contributed by atoms with Crippen LogP contribution in [0.15, 0.2) is 39.4 Å². The molecule has 0 radical (unpaired) electrons. The second-order valence-electron chi connectivity index (χ2n) is 3.98. The quantitative estimate of drug-likeness (QED) is 0.790. The third-order valence-corrected chi connectivity index (χ3v) is 2.77. The van der Waals surface area contributed by atoms with Crippen LogP contribution in [0.3, 0.4) is 0 Å². The van der Waals surface area contributed by atoms with E-state index in [1.54, 1.807) is 24.3 Å². The van der Waals surface area contributed by atoms with Crippen LogP contribution in [-0.4, -0.2) is 16.1 Å². The van der Waals surface area contributed by atoms with Gasteiger partial charge in [0.15, 0.2) is 5.69 Å². The van der Waals surface area contributed by atoms with Gasteiger partial charge in [0.1, 0.15) is 11.8 Å². The Morgan fingerprint density at radius 3 is 2.70 bits per heavy atom. The minimum Gasteiger partial charge on any atom is -0.475 e. The molecule has 2 aromatic heterocycles. The number of fused-ring (bicyclic) bond motifs is 1. The van der Waals surface area contributed by atoms with E-state index in [1.165, 1.54) is 6.26 Å². The summed E-state index contributed by atoms with van der Waals surface area (Å²) in [7, 11) is 0. The normalized spacial score (nSPS) is 11.3. The van der Waals surface area contributed by atoms with Crippen LogP contribution < -0.4 is 0 Å². The molecule has 0 amide bonds. The summed E-state index contributed by atoms with van der Waals surface area (Å²) in [4.78, 5) is 14.4. The predicted molar refractivity (Wildman–Crippen MR) is 63.6 cm³/mol. The van der Waals surface area contributed by atoms with Gasteiger partial charge < -0.3 is 13.9 Å². The van der Waals surface area contributed by atoms with Crippen molar-refractivity contribution in [2.75, 3.05) is 0 Å². The van der Waals surface area contributed by atoms with Gasteiger partial charge in [0.05, 0.1) is 5.56 Å². The van der Waals surface area contributed by atoms with Gasteiger partial charge in [0.2, 0.25) is 11.7 Å². The number of hydrogen-bond acceptors (Lipinski definition) is 4. The summed E-state index contributed by atoms with van der Waals surface area (Å²) in [5.41, 5.74) is -0.0380. The highest BCUT2D eigenvalue weighted by atomic mass is 19.3. The number of oxazole rings is 1. The number of aromatic nitrogens is 1. The van der Waals surface area contributed by atoms with Crippen molar-refractivity contribution in [2.45, 2.75) is 6.43 Å². The monoisotopic (exact) mass is 279 g/mol. The summed E-state index contributed by atoms with van der Waals surface area (Å²) >= 11 is 0. The lowest BCUT2D eigenvalue weighted by Gasteiger charge is -1.91. The maximum absolute atomic E-state index is 12.7. The van der Waals surface area contributed by atoms with Gasteiger partial charge in [-0.2, -0.15) is 0 Å². The van der Waals surface area contributed by atoms with Crippen LogP contribution in [0.25, 0.3) is 22.4 Å². The minimum atomic E-state index is -3.03. The number of benzene rings is 1. The van der Waals surface area contributed by atoms with Crippen molar-refractivity contribution in [3.8, 4) is 11.5 Å². The topological polar surface area (TPSA) is 76.5 Å². The molecule has 0 aliphatic heterocycles. The molecule has 20 heavy (non-hydrogen) atoms. The Kier molecular flexibility index (Phi) is 2.74. The molecule has 0 fully saturated rings. The number of para-hydroxylation sites is 1. The number of aromatic carboxylic acids is 1. The highest BCUT2D eigenvalue weighted by molar-refractivity contribution is 5.92. The van der Waals surface area contributed by atoms with Crippen LogP contribution in [0.4, 0.5) is 8.78 Å². The lowest BCUT2D eigenvalue weighted by atomic mass is 10.2. The molecule has 1 N–H and O–H groups in total. The number of nitrogens with zero attached hydrogens (tertiary/aromatic N) is 1. The molecule has 0 aliphatic carbocycles. The average Bonchev–Trinajstić information content (AvgIpc) is 3.02. The molecule has 0 atom stereocenters. The molecule has 0 aliphatic rings. The number of carboxylic acids is 1. The highest BCUT2D eigenvalue weighted by Gasteiger charge is 2.27. The van der Waals surface area contributed by atoms with Crippen molar-refractivity contribution in [1.29, 1.82) is 0 Å². The van der Waals surface area contributed by atoms with E-state index in [0.29, 0.717) is 16.5 Å². The molecule has 0 unspecified atom stereocenters. The minimum absolute atomic E-state index is 0.206. The summed E-state index contributed by atoms with van der Waals surface area (Å²) in [6, 6.07) is 6.86. The Bertz CT molecular complexity index is 791. The number of rotatable bonds is 3. The Morgan fingerprint density at radius 1 is 1.30 bits per heavy atom. The lowest BCUT2D eigenvalue weighted by molar-refractivity contribution is 0.0647. The molecular weight excluding hydrogens is 272 g/mol. The molecule has 0 bridgehead atoms. The standard InChI is InChI=1S/C13H7F2NO4/c14-11(15)9-10(13(17)18)20-12(16-9)7-5-19-8-4-2-1-3-6(7)8/h1-5,11H,(H,17,18). The van der Waals surface area contributed by atoms with E-state index < -0.39 is 23.8 Å². The van der Waals surface area contributed by atoms with Crippen LogP contribution in [0.5, 0.6) is 0 Å². The number of hydrogen-bond donors (Lipinski definition) is 1. The van der Waals surface area contributed by atoms with Crippen LogP contribution in [0, 0.1) is 0 Å². The van der Waals surface area contributed by atoms with E-state index in [2.05, 4.69) is 4.98 Å². The SMILES string of the molecule is O=C(O)c1oc(-c2coc3ccccc23)nc1C(F)F. The van der Waals surface area contributed by atoms with E-state index in [1.807, 2.05) is 0 Å². The third-order valence-electron chi connectivity index (χ3n) is 2.77. The van der Waals surface area contributed by atoms with Gasteiger partial charge in [-0.25, -0.2) is 18.6 Å². The Balaban J connectivity index is 2.20. The van der Waals surface area contributed by atoms with E-state index in [4.69, 9.17) is 13.9 Å². The molecule has 5 nitrogen and oxygen atoms in total. The van der Waals surface area contributed by atoms with Crippen molar-refractivity contribution in [3.63, 3.8) is 0 Å². The smallest absolute Gasteiger partial charge is 0.374 e. The van der Waals surface area contributed by atoms with Gasteiger partial charge in [-0.1, -0.05) is 18.2 Å². The molecule has 7 heteroatoms. The van der Waals surface area contributed by atoms with Gasteiger partial charge in [-0.05, 0) is 6.07 Å². The molecule has 0 saturated carbocycles. The van der Waals surface area contributed by atoms with Crippen molar-refractivity contribution in [2.24, 2.45) is 0 Å². The van der Waals surface area contributed by atoms with Crippen LogP contribution in [0.1, 0.15) is 22.7 Å². The molecule has 2 heterocycles.